The molecular formula is C26H26Cl2N6O7. The molecule has 0 spiro atoms. The SMILES string of the molecule is CCC(O[N+](=O)[O-])n1nc(C)n(-c2ccc(OCC3COC(Cn4ccnc4)(c4ccc(Cl)cc4Cl)O3)cc2)c1=O. The molecule has 3 heterocycles. The van der Waals surface area contributed by atoms with Crippen LogP contribution in [0, 0.1) is 17.0 Å². The molecule has 1 aliphatic heterocycles. The molecular weight excluding hydrogens is 579 g/mol. The number of rotatable bonds is 11. The Balaban J connectivity index is 1.29. The first-order valence-electron chi connectivity index (χ1n) is 12.6. The predicted molar refractivity (Wildman–Crippen MR) is 147 cm³/mol. The third-order valence-corrected chi connectivity index (χ3v) is 7.02. The zero-order valence-corrected chi connectivity index (χ0v) is 23.6. The fourth-order valence-electron chi connectivity index (χ4n) is 4.62. The molecule has 4 aromatic rings. The molecule has 2 aromatic carbocycles. The number of imidazole rings is 1. The zero-order valence-electron chi connectivity index (χ0n) is 22.1. The van der Waals surface area contributed by atoms with E-state index in [1.165, 1.54) is 4.57 Å². The Morgan fingerprint density at radius 3 is 2.68 bits per heavy atom. The number of aromatic nitrogens is 5. The van der Waals surface area contributed by atoms with Gasteiger partial charge < -0.3 is 18.8 Å². The van der Waals surface area contributed by atoms with Crippen molar-refractivity contribution in [3.8, 4) is 11.4 Å². The molecule has 0 bridgehead atoms. The minimum atomic E-state index is -1.17. The maximum atomic E-state index is 13.0. The standard InChI is InChI=1S/C26H26Cl2N6O7/c1-3-24(41-34(36)37)33-25(35)32(17(2)30-33)19-5-7-20(8-6-19)38-13-21-14-39-26(40-21,15-31-11-10-29-16-31)22-9-4-18(27)12-23(22)28/h4-12,16,21,24H,3,13-15H2,1-2H3. The van der Waals surface area contributed by atoms with Crippen molar-refractivity contribution in [2.24, 2.45) is 0 Å². The summed E-state index contributed by atoms with van der Waals surface area (Å²) in [6, 6.07) is 11.9. The number of aryl methyl sites for hydroxylation is 1. The van der Waals surface area contributed by atoms with Crippen molar-refractivity contribution in [3.63, 3.8) is 0 Å². The van der Waals surface area contributed by atoms with Crippen LogP contribution in [-0.2, 0) is 26.6 Å². The number of benzene rings is 2. The van der Waals surface area contributed by atoms with E-state index in [-0.39, 0.29) is 19.6 Å². The lowest BCUT2D eigenvalue weighted by Gasteiger charge is -2.30. The number of halogens is 2. The van der Waals surface area contributed by atoms with Gasteiger partial charge in [-0.3, -0.25) is 4.84 Å². The lowest BCUT2D eigenvalue weighted by atomic mass is 10.1. The van der Waals surface area contributed by atoms with Gasteiger partial charge in [0.1, 0.15) is 24.3 Å². The minimum absolute atomic E-state index is 0.184. The summed E-state index contributed by atoms with van der Waals surface area (Å²) < 4.78 is 22.7. The first kappa shape index (κ1) is 28.6. The van der Waals surface area contributed by atoms with Gasteiger partial charge in [-0.1, -0.05) is 36.2 Å². The van der Waals surface area contributed by atoms with Gasteiger partial charge in [-0.05, 0) is 49.7 Å². The van der Waals surface area contributed by atoms with E-state index in [9.17, 15) is 14.9 Å². The molecule has 0 amide bonds. The minimum Gasteiger partial charge on any atom is -0.491 e. The largest absolute Gasteiger partial charge is 0.491 e. The highest BCUT2D eigenvalue weighted by atomic mass is 35.5. The zero-order chi connectivity index (χ0) is 29.1. The van der Waals surface area contributed by atoms with E-state index in [0.29, 0.717) is 39.4 Å². The second-order valence-corrected chi connectivity index (χ2v) is 10.1. The summed E-state index contributed by atoms with van der Waals surface area (Å²) >= 11 is 12.6. The quantitative estimate of drug-likeness (QED) is 0.181. The van der Waals surface area contributed by atoms with Crippen molar-refractivity contribution in [2.75, 3.05) is 13.2 Å². The fraction of sp³-hybridized carbons (Fsp3) is 0.346. The highest BCUT2D eigenvalue weighted by Gasteiger charge is 2.45. The topological polar surface area (TPSA) is 138 Å². The molecule has 3 unspecified atom stereocenters. The van der Waals surface area contributed by atoms with Crippen LogP contribution in [0.1, 0.15) is 31.0 Å². The second kappa shape index (κ2) is 11.9. The van der Waals surface area contributed by atoms with Crippen LogP contribution in [0.5, 0.6) is 5.75 Å². The average Bonchev–Trinajstić information content (AvgIpc) is 3.67. The van der Waals surface area contributed by atoms with Crippen molar-refractivity contribution < 1.29 is 24.1 Å². The Labute approximate surface area is 243 Å². The maximum Gasteiger partial charge on any atom is 0.352 e. The summed E-state index contributed by atoms with van der Waals surface area (Å²) in [6.45, 7) is 4.04. The molecule has 1 aliphatic rings. The van der Waals surface area contributed by atoms with Gasteiger partial charge in [0, 0.05) is 23.0 Å². The molecule has 0 radical (unpaired) electrons. The molecule has 0 aliphatic carbocycles. The maximum absolute atomic E-state index is 13.0. The highest BCUT2D eigenvalue weighted by molar-refractivity contribution is 6.35. The van der Waals surface area contributed by atoms with Crippen LogP contribution in [0.4, 0.5) is 0 Å². The summed E-state index contributed by atoms with van der Waals surface area (Å²) in [5, 5.41) is 14.9. The summed E-state index contributed by atoms with van der Waals surface area (Å²) in [6.07, 6.45) is 3.78. The molecule has 216 valence electrons. The summed E-state index contributed by atoms with van der Waals surface area (Å²) in [5.41, 5.74) is 0.593. The number of ether oxygens (including phenoxy) is 3. The summed E-state index contributed by atoms with van der Waals surface area (Å²) in [4.78, 5) is 32.5. The van der Waals surface area contributed by atoms with Crippen molar-refractivity contribution in [3.05, 3.63) is 103 Å². The van der Waals surface area contributed by atoms with Gasteiger partial charge in [0.2, 0.25) is 12.0 Å². The van der Waals surface area contributed by atoms with Crippen LogP contribution < -0.4 is 10.4 Å². The van der Waals surface area contributed by atoms with Gasteiger partial charge in [0.05, 0.1) is 30.2 Å². The van der Waals surface area contributed by atoms with Crippen LogP contribution in [0.3, 0.4) is 0 Å². The van der Waals surface area contributed by atoms with Crippen molar-refractivity contribution >= 4 is 23.2 Å². The van der Waals surface area contributed by atoms with E-state index < -0.39 is 28.9 Å². The van der Waals surface area contributed by atoms with Gasteiger partial charge >= 0.3 is 5.69 Å². The van der Waals surface area contributed by atoms with E-state index >= 15 is 0 Å². The van der Waals surface area contributed by atoms with Crippen molar-refractivity contribution in [2.45, 2.75) is 44.9 Å². The van der Waals surface area contributed by atoms with E-state index in [1.54, 1.807) is 75.0 Å². The van der Waals surface area contributed by atoms with E-state index in [2.05, 4.69) is 14.9 Å². The van der Waals surface area contributed by atoms with Gasteiger partial charge in [-0.25, -0.2) is 14.3 Å². The van der Waals surface area contributed by atoms with Crippen LogP contribution in [0.2, 0.25) is 10.0 Å². The van der Waals surface area contributed by atoms with Gasteiger partial charge in [0.25, 0.3) is 5.09 Å². The summed E-state index contributed by atoms with van der Waals surface area (Å²) in [5.74, 6) is -0.287. The fourth-order valence-corrected chi connectivity index (χ4v) is 5.17. The third-order valence-electron chi connectivity index (χ3n) is 6.47. The Morgan fingerprint density at radius 1 is 1.24 bits per heavy atom. The normalized spacial score (nSPS) is 19.3. The Hall–Kier alpha value is -3.91. The molecule has 1 fully saturated rings. The monoisotopic (exact) mass is 604 g/mol. The lowest BCUT2D eigenvalue weighted by Crippen LogP contribution is -2.34. The third kappa shape index (κ3) is 6.07. The van der Waals surface area contributed by atoms with Gasteiger partial charge in [0.15, 0.2) is 0 Å². The molecule has 0 saturated carbocycles. The molecule has 1 saturated heterocycles. The number of hydrogen-bond acceptors (Lipinski definition) is 9. The highest BCUT2D eigenvalue weighted by Crippen LogP contribution is 2.40. The average molecular weight is 605 g/mol. The Kier molecular flexibility index (Phi) is 8.31. The van der Waals surface area contributed by atoms with Crippen molar-refractivity contribution in [1.29, 1.82) is 0 Å². The molecule has 0 N–H and O–H groups in total. The molecule has 3 atom stereocenters. The van der Waals surface area contributed by atoms with Crippen LogP contribution in [-0.4, -0.2) is 48.3 Å². The van der Waals surface area contributed by atoms with E-state index in [4.69, 9.17) is 37.4 Å². The van der Waals surface area contributed by atoms with Crippen LogP contribution in [0.15, 0.2) is 66.0 Å². The first-order valence-corrected chi connectivity index (χ1v) is 13.4. The van der Waals surface area contributed by atoms with Crippen LogP contribution >= 0.6 is 23.2 Å². The van der Waals surface area contributed by atoms with Crippen molar-refractivity contribution in [1.82, 2.24) is 23.9 Å². The Morgan fingerprint density at radius 2 is 2.02 bits per heavy atom. The molecule has 5 rings (SSSR count). The molecule has 2 aromatic heterocycles. The Bertz CT molecular complexity index is 1570. The number of hydrogen-bond donors (Lipinski definition) is 0. The van der Waals surface area contributed by atoms with Crippen LogP contribution in [0.25, 0.3) is 5.69 Å². The molecule has 15 heteroatoms. The smallest absolute Gasteiger partial charge is 0.352 e. The van der Waals surface area contributed by atoms with Gasteiger partial charge in [-0.2, -0.15) is 9.78 Å². The molecule has 41 heavy (non-hydrogen) atoms. The van der Waals surface area contributed by atoms with E-state index in [1.807, 2.05) is 4.57 Å². The molecule has 13 nitrogen and oxygen atoms in total. The van der Waals surface area contributed by atoms with Gasteiger partial charge in [-0.15, -0.1) is 10.1 Å². The second-order valence-electron chi connectivity index (χ2n) is 9.27. The first-order chi connectivity index (χ1) is 19.7. The van der Waals surface area contributed by atoms with E-state index in [0.717, 1.165) is 4.68 Å². The summed E-state index contributed by atoms with van der Waals surface area (Å²) in [7, 11) is 0. The predicted octanol–water partition coefficient (Wildman–Crippen LogP) is 4.31. The number of nitrogens with zero attached hydrogens (tertiary/aromatic N) is 6. The lowest BCUT2D eigenvalue weighted by molar-refractivity contribution is -0.776.